The summed E-state index contributed by atoms with van der Waals surface area (Å²) >= 11 is 0. The molecular formula is C24H20F3NO4. The Morgan fingerprint density at radius 3 is 1.81 bits per heavy atom. The minimum absolute atomic E-state index is 0.212. The molecule has 166 valence electrons. The average Bonchev–Trinajstić information content (AvgIpc) is 2.81. The summed E-state index contributed by atoms with van der Waals surface area (Å²) in [6.07, 6.45) is -4.48. The summed E-state index contributed by atoms with van der Waals surface area (Å²) in [5.41, 5.74) is 0.577. The van der Waals surface area contributed by atoms with Crippen molar-refractivity contribution in [2.24, 2.45) is 0 Å². The fourth-order valence-corrected chi connectivity index (χ4v) is 3.71. The van der Waals surface area contributed by atoms with Gasteiger partial charge in [0.15, 0.2) is 23.0 Å². The van der Waals surface area contributed by atoms with Gasteiger partial charge in [0.1, 0.15) is 0 Å². The minimum Gasteiger partial charge on any atom is -0.493 e. The summed E-state index contributed by atoms with van der Waals surface area (Å²) < 4.78 is 61.6. The van der Waals surface area contributed by atoms with Crippen molar-refractivity contribution < 1.29 is 32.1 Å². The van der Waals surface area contributed by atoms with E-state index >= 15 is 0 Å². The molecule has 0 saturated heterocycles. The third-order valence-electron chi connectivity index (χ3n) is 5.28. The molecule has 0 amide bonds. The number of aromatic nitrogens is 1. The molecule has 0 aliphatic carbocycles. The second-order valence-electron chi connectivity index (χ2n) is 7.01. The average molecular weight is 443 g/mol. The van der Waals surface area contributed by atoms with E-state index in [1.165, 1.54) is 34.5 Å². The first-order valence-electron chi connectivity index (χ1n) is 9.59. The second-order valence-corrected chi connectivity index (χ2v) is 7.01. The van der Waals surface area contributed by atoms with Gasteiger partial charge in [-0.15, -0.1) is 0 Å². The molecule has 0 saturated carbocycles. The number of alkyl halides is 3. The molecule has 0 aliphatic heterocycles. The van der Waals surface area contributed by atoms with E-state index in [0.29, 0.717) is 50.4 Å². The van der Waals surface area contributed by atoms with Gasteiger partial charge in [0.2, 0.25) is 0 Å². The van der Waals surface area contributed by atoms with Gasteiger partial charge in [0, 0.05) is 16.3 Å². The fraction of sp³-hybridized carbons (Fsp3) is 0.208. The lowest BCUT2D eigenvalue weighted by molar-refractivity contribution is -0.137. The van der Waals surface area contributed by atoms with Gasteiger partial charge in [0.25, 0.3) is 0 Å². The zero-order valence-corrected chi connectivity index (χ0v) is 17.8. The van der Waals surface area contributed by atoms with Gasteiger partial charge in [-0.1, -0.05) is 6.07 Å². The lowest BCUT2D eigenvalue weighted by atomic mass is 9.98. The van der Waals surface area contributed by atoms with Gasteiger partial charge in [0.05, 0.1) is 45.2 Å². The van der Waals surface area contributed by atoms with Crippen molar-refractivity contribution >= 4 is 21.7 Å². The maximum Gasteiger partial charge on any atom is 0.416 e. The van der Waals surface area contributed by atoms with E-state index < -0.39 is 11.7 Å². The lowest BCUT2D eigenvalue weighted by Gasteiger charge is -2.16. The monoisotopic (exact) mass is 443 g/mol. The molecule has 0 unspecified atom stereocenters. The molecule has 0 atom stereocenters. The molecular weight excluding hydrogens is 423 g/mol. The molecule has 5 nitrogen and oxygen atoms in total. The van der Waals surface area contributed by atoms with Crippen LogP contribution in [0.2, 0.25) is 0 Å². The topological polar surface area (TPSA) is 49.8 Å². The van der Waals surface area contributed by atoms with Crippen molar-refractivity contribution in [1.82, 2.24) is 4.98 Å². The van der Waals surface area contributed by atoms with E-state index in [0.717, 1.165) is 12.1 Å². The molecule has 0 aliphatic rings. The van der Waals surface area contributed by atoms with Crippen LogP contribution in [0.3, 0.4) is 0 Å². The smallest absolute Gasteiger partial charge is 0.416 e. The number of pyridine rings is 1. The van der Waals surface area contributed by atoms with Crippen LogP contribution in [0.25, 0.3) is 32.9 Å². The molecule has 0 spiro atoms. The Bertz CT molecular complexity index is 1320. The predicted octanol–water partition coefficient (Wildman–Crippen LogP) is 6.11. The first-order valence-corrected chi connectivity index (χ1v) is 9.59. The molecule has 1 aromatic heterocycles. The highest BCUT2D eigenvalue weighted by Gasteiger charge is 2.31. The first-order chi connectivity index (χ1) is 15.3. The van der Waals surface area contributed by atoms with Crippen molar-refractivity contribution in [3.8, 4) is 34.3 Å². The highest BCUT2D eigenvalue weighted by atomic mass is 19.4. The number of hydrogen-bond donors (Lipinski definition) is 0. The van der Waals surface area contributed by atoms with Crippen LogP contribution in [0, 0.1) is 0 Å². The Kier molecular flexibility index (Phi) is 5.46. The maximum atomic E-state index is 13.4. The van der Waals surface area contributed by atoms with E-state index in [-0.39, 0.29) is 5.52 Å². The van der Waals surface area contributed by atoms with Crippen LogP contribution in [0.4, 0.5) is 13.2 Å². The van der Waals surface area contributed by atoms with E-state index in [1.807, 2.05) is 0 Å². The van der Waals surface area contributed by atoms with Crippen LogP contribution in [0.1, 0.15) is 5.56 Å². The highest BCUT2D eigenvalue weighted by molar-refractivity contribution is 6.12. The SMILES string of the molecule is COc1ccc(-c2nc3cc(C(F)(F)F)ccc3c3cc(OC)c(OC)cc23)cc1OC. The molecule has 0 fully saturated rings. The second kappa shape index (κ2) is 8.11. The van der Waals surface area contributed by atoms with Gasteiger partial charge in [-0.2, -0.15) is 13.2 Å². The quantitative estimate of drug-likeness (QED) is 0.349. The summed E-state index contributed by atoms with van der Waals surface area (Å²) in [6.45, 7) is 0. The van der Waals surface area contributed by atoms with Crippen molar-refractivity contribution in [3.05, 3.63) is 54.1 Å². The Labute approximate surface area is 182 Å². The number of benzene rings is 3. The number of fused-ring (bicyclic) bond motifs is 3. The number of ether oxygens (including phenoxy) is 4. The normalized spacial score (nSPS) is 11.6. The number of rotatable bonds is 5. The Morgan fingerprint density at radius 2 is 1.22 bits per heavy atom. The van der Waals surface area contributed by atoms with Crippen LogP contribution >= 0.6 is 0 Å². The Hall–Kier alpha value is -3.68. The number of nitrogens with zero attached hydrogens (tertiary/aromatic N) is 1. The van der Waals surface area contributed by atoms with Crippen molar-refractivity contribution in [1.29, 1.82) is 0 Å². The fourth-order valence-electron chi connectivity index (χ4n) is 3.71. The minimum atomic E-state index is -4.48. The van der Waals surface area contributed by atoms with Crippen LogP contribution in [-0.4, -0.2) is 33.4 Å². The number of methoxy groups -OCH3 is 4. The first kappa shape index (κ1) is 21.5. The Balaban J connectivity index is 2.11. The van der Waals surface area contributed by atoms with Gasteiger partial charge in [-0.05, 0) is 47.9 Å². The van der Waals surface area contributed by atoms with E-state index in [1.54, 1.807) is 30.3 Å². The lowest BCUT2D eigenvalue weighted by Crippen LogP contribution is -2.05. The largest absolute Gasteiger partial charge is 0.493 e. The molecule has 0 bridgehead atoms. The Morgan fingerprint density at radius 1 is 0.625 bits per heavy atom. The van der Waals surface area contributed by atoms with E-state index in [2.05, 4.69) is 4.98 Å². The highest BCUT2D eigenvalue weighted by Crippen LogP contribution is 2.42. The summed E-state index contributed by atoms with van der Waals surface area (Å²) in [4.78, 5) is 4.62. The molecule has 0 radical (unpaired) electrons. The van der Waals surface area contributed by atoms with Crippen LogP contribution < -0.4 is 18.9 Å². The van der Waals surface area contributed by atoms with Gasteiger partial charge in [-0.25, -0.2) is 4.98 Å². The summed E-state index contributed by atoms with van der Waals surface area (Å²) in [5, 5.41) is 1.95. The zero-order chi connectivity index (χ0) is 23.0. The van der Waals surface area contributed by atoms with Crippen LogP contribution in [-0.2, 0) is 6.18 Å². The predicted molar refractivity (Wildman–Crippen MR) is 116 cm³/mol. The van der Waals surface area contributed by atoms with Crippen molar-refractivity contribution in [3.63, 3.8) is 0 Å². The maximum absolute atomic E-state index is 13.4. The standard InChI is InChI=1S/C24H20F3NO4/c1-29-19-8-5-13(9-20(19)30-2)23-17-12-22(32-4)21(31-3)11-16(17)15-7-6-14(24(25,26)27)10-18(15)28-23/h5-12H,1-4H3. The molecule has 3 aromatic carbocycles. The van der Waals surface area contributed by atoms with Crippen LogP contribution in [0.5, 0.6) is 23.0 Å². The molecule has 32 heavy (non-hydrogen) atoms. The summed E-state index contributed by atoms with van der Waals surface area (Å²) in [6, 6.07) is 12.3. The third-order valence-corrected chi connectivity index (χ3v) is 5.28. The van der Waals surface area contributed by atoms with E-state index in [9.17, 15) is 13.2 Å². The molecule has 0 N–H and O–H groups in total. The molecule has 1 heterocycles. The third kappa shape index (κ3) is 3.62. The van der Waals surface area contributed by atoms with Crippen molar-refractivity contribution in [2.45, 2.75) is 6.18 Å². The molecule has 4 aromatic rings. The summed E-state index contributed by atoms with van der Waals surface area (Å²) in [5.74, 6) is 1.95. The molecule has 4 rings (SSSR count). The van der Waals surface area contributed by atoms with Crippen molar-refractivity contribution in [2.75, 3.05) is 28.4 Å². The number of halogens is 3. The number of hydrogen-bond acceptors (Lipinski definition) is 5. The van der Waals surface area contributed by atoms with Crippen LogP contribution in [0.15, 0.2) is 48.5 Å². The van der Waals surface area contributed by atoms with Gasteiger partial charge in [-0.3, -0.25) is 0 Å². The molecule has 8 heteroatoms. The van der Waals surface area contributed by atoms with Gasteiger partial charge >= 0.3 is 6.18 Å². The van der Waals surface area contributed by atoms with E-state index in [4.69, 9.17) is 18.9 Å². The summed E-state index contributed by atoms with van der Waals surface area (Å²) in [7, 11) is 6.06. The zero-order valence-electron chi connectivity index (χ0n) is 17.8. The van der Waals surface area contributed by atoms with Gasteiger partial charge < -0.3 is 18.9 Å².